The average molecular weight is 422 g/mol. The molecule has 2 aliphatic heterocycles. The van der Waals surface area contributed by atoms with Crippen LogP contribution in [0.4, 0.5) is 0 Å². The molecule has 0 fully saturated rings. The Morgan fingerprint density at radius 3 is 2.14 bits per heavy atom. The summed E-state index contributed by atoms with van der Waals surface area (Å²) in [7, 11) is 2.06. The normalized spacial score (nSPS) is 12.7. The molecule has 3 aromatic carbocycles. The third-order valence-electron chi connectivity index (χ3n) is 5.03. The summed E-state index contributed by atoms with van der Waals surface area (Å²) in [5.41, 5.74) is 1.15. The van der Waals surface area contributed by atoms with Gasteiger partial charge >= 0.3 is 0 Å². The predicted molar refractivity (Wildman–Crippen MR) is 103 cm³/mol. The fourth-order valence-electron chi connectivity index (χ4n) is 3.91. The summed E-state index contributed by atoms with van der Waals surface area (Å²) in [4.78, 5) is 0. The molecule has 2 aliphatic rings. The number of ether oxygens (including phenoxy) is 4. The van der Waals surface area contributed by atoms with Gasteiger partial charge in [0.05, 0.1) is 16.2 Å². The number of hydrogen-bond donors (Lipinski definition) is 0. The van der Waals surface area contributed by atoms with E-state index >= 15 is 0 Å². The molecule has 8 nitrogen and oxygen atoms in total. The zero-order valence-corrected chi connectivity index (χ0v) is 16.2. The first-order valence-corrected chi connectivity index (χ1v) is 8.16. The highest BCUT2D eigenvalue weighted by atomic mass is 35.5. The van der Waals surface area contributed by atoms with E-state index in [0.717, 1.165) is 50.1 Å². The Morgan fingerprint density at radius 1 is 0.690 bits per heavy atom. The smallest absolute Gasteiger partial charge is 0.231 e. The van der Waals surface area contributed by atoms with Gasteiger partial charge in [-0.05, 0) is 35.7 Å². The third-order valence-corrected chi connectivity index (χ3v) is 5.03. The van der Waals surface area contributed by atoms with E-state index in [1.807, 2.05) is 12.1 Å². The van der Waals surface area contributed by atoms with Crippen LogP contribution in [0.2, 0.25) is 0 Å². The molecule has 0 bridgehead atoms. The van der Waals surface area contributed by atoms with Crippen LogP contribution in [0.3, 0.4) is 0 Å². The van der Waals surface area contributed by atoms with Gasteiger partial charge in [0.2, 0.25) is 19.1 Å². The highest BCUT2D eigenvalue weighted by molar-refractivity contribution is 6.15. The number of benzene rings is 3. The highest BCUT2D eigenvalue weighted by Gasteiger charge is 2.24. The van der Waals surface area contributed by atoms with E-state index in [4.69, 9.17) is 18.9 Å². The van der Waals surface area contributed by atoms with Gasteiger partial charge in [-0.25, -0.2) is 0 Å². The highest BCUT2D eigenvalue weighted by Crippen LogP contribution is 2.42. The first kappa shape index (κ1) is 22.3. The SMILES string of the molecule is C[n+]1cc2c3c(ccc2c2ccc4cc5c(cc4c21)OCO5)OCO3.O.O.O.[Cl-]. The van der Waals surface area contributed by atoms with Gasteiger partial charge in [-0.1, -0.05) is 6.07 Å². The Morgan fingerprint density at radius 2 is 1.34 bits per heavy atom. The molecule has 0 unspecified atom stereocenters. The van der Waals surface area contributed by atoms with Crippen molar-refractivity contribution in [2.45, 2.75) is 0 Å². The summed E-state index contributed by atoms with van der Waals surface area (Å²) < 4.78 is 24.4. The topological polar surface area (TPSA) is 135 Å². The van der Waals surface area contributed by atoms with E-state index in [9.17, 15) is 0 Å². The maximum Gasteiger partial charge on any atom is 0.231 e. The molecule has 0 spiro atoms. The Hall–Kier alpha value is -3.04. The monoisotopic (exact) mass is 421 g/mol. The molecule has 0 saturated heterocycles. The second kappa shape index (κ2) is 7.76. The minimum Gasteiger partial charge on any atom is -1.00 e. The molecule has 0 radical (unpaired) electrons. The average Bonchev–Trinajstić information content (AvgIpc) is 3.28. The molecule has 9 heteroatoms. The predicted octanol–water partition coefficient (Wildman–Crippen LogP) is -2.04. The van der Waals surface area contributed by atoms with Crippen molar-refractivity contribution < 1.29 is 52.4 Å². The number of halogens is 1. The minimum atomic E-state index is 0. The van der Waals surface area contributed by atoms with Crippen LogP contribution in [-0.2, 0) is 7.05 Å². The Balaban J connectivity index is 0.000000750. The zero-order chi connectivity index (χ0) is 16.5. The molecule has 29 heavy (non-hydrogen) atoms. The second-order valence-corrected chi connectivity index (χ2v) is 6.39. The summed E-state index contributed by atoms with van der Waals surface area (Å²) in [5, 5.41) is 5.66. The lowest BCUT2D eigenvalue weighted by Crippen LogP contribution is -3.00. The largest absolute Gasteiger partial charge is 1.00 e. The Labute approximate surface area is 171 Å². The van der Waals surface area contributed by atoms with E-state index in [2.05, 4.69) is 42.1 Å². The van der Waals surface area contributed by atoms with Crippen LogP contribution in [-0.4, -0.2) is 30.0 Å². The van der Waals surface area contributed by atoms with Crippen molar-refractivity contribution in [2.24, 2.45) is 7.05 Å². The summed E-state index contributed by atoms with van der Waals surface area (Å²) in [6.07, 6.45) is 2.11. The van der Waals surface area contributed by atoms with Crippen molar-refractivity contribution in [3.05, 3.63) is 42.6 Å². The Kier molecular flexibility index (Phi) is 5.96. The molecule has 0 atom stereocenters. The molecule has 4 aromatic rings. The van der Waals surface area contributed by atoms with E-state index in [1.54, 1.807) is 0 Å². The molecule has 3 heterocycles. The van der Waals surface area contributed by atoms with Crippen LogP contribution < -0.4 is 35.9 Å². The van der Waals surface area contributed by atoms with Gasteiger partial charge in [0.1, 0.15) is 7.05 Å². The summed E-state index contributed by atoms with van der Waals surface area (Å²) in [6, 6.07) is 12.5. The molecule has 6 rings (SSSR count). The molecule has 1 aromatic heterocycles. The standard InChI is InChI=1S/C20H14NO4.ClH.3H2O/c1-21-8-15-12(4-5-16-20(15)25-10-22-16)13-3-2-11-6-17-18(24-9-23-17)7-14(11)19(13)21;;;;/h2-8H,9-10H2,1H3;1H;3*1H2/q+1;;;;/p-1. The number of fused-ring (bicyclic) bond motifs is 8. The van der Waals surface area contributed by atoms with E-state index < -0.39 is 0 Å². The Bertz CT molecular complexity index is 1230. The van der Waals surface area contributed by atoms with Crippen LogP contribution in [0.25, 0.3) is 32.4 Å². The second-order valence-electron chi connectivity index (χ2n) is 6.39. The third kappa shape index (κ3) is 2.93. The molecular formula is C20H20ClNO7. The number of pyridine rings is 1. The maximum atomic E-state index is 5.69. The number of rotatable bonds is 0. The van der Waals surface area contributed by atoms with Crippen LogP contribution in [0.15, 0.2) is 42.6 Å². The van der Waals surface area contributed by atoms with Crippen molar-refractivity contribution in [3.63, 3.8) is 0 Å². The van der Waals surface area contributed by atoms with Crippen LogP contribution >= 0.6 is 0 Å². The lowest BCUT2D eigenvalue weighted by atomic mass is 10.00. The van der Waals surface area contributed by atoms with Gasteiger partial charge in [-0.15, -0.1) is 0 Å². The fraction of sp³-hybridized carbons (Fsp3) is 0.150. The fourth-order valence-corrected chi connectivity index (χ4v) is 3.91. The lowest BCUT2D eigenvalue weighted by molar-refractivity contribution is -0.642. The van der Waals surface area contributed by atoms with E-state index in [0.29, 0.717) is 0 Å². The van der Waals surface area contributed by atoms with Crippen molar-refractivity contribution in [1.82, 2.24) is 0 Å². The minimum absolute atomic E-state index is 0. The quantitative estimate of drug-likeness (QED) is 0.238. The van der Waals surface area contributed by atoms with Crippen molar-refractivity contribution in [2.75, 3.05) is 13.6 Å². The summed E-state index contributed by atoms with van der Waals surface area (Å²) in [6.45, 7) is 0.555. The van der Waals surface area contributed by atoms with Crippen molar-refractivity contribution >= 4 is 32.4 Å². The molecule has 154 valence electrons. The zero-order valence-electron chi connectivity index (χ0n) is 15.4. The van der Waals surface area contributed by atoms with Gasteiger partial charge < -0.3 is 47.8 Å². The van der Waals surface area contributed by atoms with Gasteiger partial charge in [0, 0.05) is 5.39 Å². The molecule has 0 saturated carbocycles. The van der Waals surface area contributed by atoms with Crippen LogP contribution in [0.1, 0.15) is 0 Å². The first-order valence-electron chi connectivity index (χ1n) is 8.16. The number of aryl methyl sites for hydroxylation is 1. The molecule has 6 N–H and O–H groups in total. The molecular weight excluding hydrogens is 402 g/mol. The van der Waals surface area contributed by atoms with Gasteiger partial charge in [0.15, 0.2) is 29.2 Å². The van der Waals surface area contributed by atoms with Gasteiger partial charge in [-0.3, -0.25) is 0 Å². The summed E-state index contributed by atoms with van der Waals surface area (Å²) >= 11 is 0. The van der Waals surface area contributed by atoms with Gasteiger partial charge in [-0.2, -0.15) is 4.57 Å². The maximum absolute atomic E-state index is 5.69. The number of hydrogen-bond acceptors (Lipinski definition) is 4. The first-order chi connectivity index (χ1) is 12.3. The van der Waals surface area contributed by atoms with Gasteiger partial charge in [0.25, 0.3) is 0 Å². The lowest BCUT2D eigenvalue weighted by Gasteiger charge is -2.08. The van der Waals surface area contributed by atoms with E-state index in [1.165, 1.54) is 5.39 Å². The van der Waals surface area contributed by atoms with Crippen molar-refractivity contribution in [3.8, 4) is 23.0 Å². The number of nitrogens with zero attached hydrogens (tertiary/aromatic N) is 1. The van der Waals surface area contributed by atoms with Crippen LogP contribution in [0.5, 0.6) is 23.0 Å². The van der Waals surface area contributed by atoms with E-state index in [-0.39, 0.29) is 42.4 Å². The molecule has 0 aliphatic carbocycles. The number of aromatic nitrogens is 1. The molecule has 0 amide bonds. The van der Waals surface area contributed by atoms with Crippen molar-refractivity contribution in [1.29, 1.82) is 0 Å². The van der Waals surface area contributed by atoms with Crippen LogP contribution in [0, 0.1) is 0 Å². The summed E-state index contributed by atoms with van der Waals surface area (Å²) in [5.74, 6) is 3.22.